The molecule has 4 saturated heterocycles. The molecule has 6 rings (SSSR count). The van der Waals surface area contributed by atoms with Gasteiger partial charge in [0.15, 0.2) is 11.6 Å². The average molecular weight is 731 g/mol. The highest BCUT2D eigenvalue weighted by molar-refractivity contribution is 7.86. The SMILES string of the molecule is CC(C)N(C(=O)c1cc(F)ccc1Oc1cncnc1N1CC2(CCN(CC3CCN(S(=O)(=O)N4CC[C@@H](NC(=O)O)C4)CC3)CC2)C1)C(C)C. The van der Waals surface area contributed by atoms with Crippen molar-refractivity contribution >= 4 is 28.0 Å². The van der Waals surface area contributed by atoms with E-state index in [1.54, 1.807) is 15.4 Å². The maximum atomic E-state index is 14.4. The third-order valence-corrected chi connectivity index (χ3v) is 12.9. The summed E-state index contributed by atoms with van der Waals surface area (Å²) in [5.74, 6) is 0.941. The number of carboxylic acid groups (broad SMARTS) is 1. The highest BCUT2D eigenvalue weighted by Gasteiger charge is 2.46. The van der Waals surface area contributed by atoms with Crippen LogP contribution in [0.3, 0.4) is 0 Å². The van der Waals surface area contributed by atoms with E-state index in [0.29, 0.717) is 43.5 Å². The van der Waals surface area contributed by atoms with E-state index in [1.165, 1.54) is 28.8 Å². The van der Waals surface area contributed by atoms with Gasteiger partial charge in [-0.15, -0.1) is 0 Å². The predicted octanol–water partition coefficient (Wildman–Crippen LogP) is 3.87. The first-order valence-corrected chi connectivity index (χ1v) is 19.5. The lowest BCUT2D eigenvalue weighted by Crippen LogP contribution is -2.61. The fourth-order valence-corrected chi connectivity index (χ4v) is 9.92. The zero-order chi connectivity index (χ0) is 36.5. The fraction of sp³-hybridized carbons (Fsp3) is 0.657. The summed E-state index contributed by atoms with van der Waals surface area (Å²) in [5.41, 5.74) is 0.327. The first-order chi connectivity index (χ1) is 24.2. The number of halogens is 1. The molecular formula is C35H51FN8O6S. The van der Waals surface area contributed by atoms with Crippen molar-refractivity contribution in [2.45, 2.75) is 77.9 Å². The molecule has 0 unspecified atom stereocenters. The molecule has 1 aromatic carbocycles. The van der Waals surface area contributed by atoms with Gasteiger partial charge in [0.05, 0.1) is 11.8 Å². The Balaban J connectivity index is 0.999. The van der Waals surface area contributed by atoms with E-state index < -0.39 is 22.1 Å². The van der Waals surface area contributed by atoms with E-state index in [1.807, 2.05) is 27.7 Å². The number of likely N-dealkylation sites (tertiary alicyclic amines) is 1. The van der Waals surface area contributed by atoms with Crippen molar-refractivity contribution in [2.24, 2.45) is 11.3 Å². The Labute approximate surface area is 300 Å². The van der Waals surface area contributed by atoms with Crippen molar-refractivity contribution in [1.82, 2.24) is 33.7 Å². The number of ether oxygens (including phenoxy) is 1. The first kappa shape index (κ1) is 37.2. The monoisotopic (exact) mass is 730 g/mol. The zero-order valence-electron chi connectivity index (χ0n) is 30.0. The van der Waals surface area contributed by atoms with Gasteiger partial charge in [-0.3, -0.25) is 4.79 Å². The quantitative estimate of drug-likeness (QED) is 0.349. The number of anilines is 1. The summed E-state index contributed by atoms with van der Waals surface area (Å²) in [4.78, 5) is 39.7. The van der Waals surface area contributed by atoms with Crippen LogP contribution in [0.15, 0.2) is 30.7 Å². The van der Waals surface area contributed by atoms with E-state index in [0.717, 1.165) is 58.4 Å². The van der Waals surface area contributed by atoms with Gasteiger partial charge < -0.3 is 29.9 Å². The number of piperidine rings is 2. The van der Waals surface area contributed by atoms with Gasteiger partial charge in [-0.1, -0.05) is 0 Å². The number of aromatic nitrogens is 2. The number of nitrogens with one attached hydrogen (secondary N) is 1. The summed E-state index contributed by atoms with van der Waals surface area (Å²) in [5, 5.41) is 11.4. The topological polar surface area (TPSA) is 152 Å². The molecule has 0 radical (unpaired) electrons. The standard InChI is InChI=1S/C35H51FN8O6S/c1-24(2)44(25(3)4)33(45)29-17-27(36)5-6-30(29)50-31-18-37-23-38-32(31)41-21-35(22-41)10-15-40(16-11-35)19-26-7-12-42(13-8-26)51(48,49)43-14-9-28(20-43)39-34(46)47/h5-6,17-18,23-26,28,39H,7-16,19-22H2,1-4H3,(H,46,47)/t28-/m1/s1. The van der Waals surface area contributed by atoms with Gasteiger partial charge in [0.2, 0.25) is 0 Å². The lowest BCUT2D eigenvalue weighted by atomic mass is 9.72. The van der Waals surface area contributed by atoms with Crippen LogP contribution in [0, 0.1) is 17.2 Å². The highest BCUT2D eigenvalue weighted by Crippen LogP contribution is 2.45. The molecule has 1 atom stereocenters. The largest absolute Gasteiger partial charge is 0.465 e. The molecule has 0 saturated carbocycles. The molecule has 4 aliphatic rings. The number of carbonyl (C=O) groups excluding carboxylic acids is 1. The van der Waals surface area contributed by atoms with Crippen LogP contribution in [0.5, 0.6) is 11.5 Å². The number of rotatable bonds is 11. The molecule has 1 spiro atoms. The normalized spacial score (nSPS) is 22.0. The van der Waals surface area contributed by atoms with Crippen LogP contribution >= 0.6 is 0 Å². The Morgan fingerprint density at radius 3 is 2.33 bits per heavy atom. The molecule has 0 aliphatic carbocycles. The minimum absolute atomic E-state index is 0.0783. The zero-order valence-corrected chi connectivity index (χ0v) is 30.8. The molecule has 4 aliphatic heterocycles. The van der Waals surface area contributed by atoms with Crippen LogP contribution in [0.4, 0.5) is 15.0 Å². The molecule has 51 heavy (non-hydrogen) atoms. The van der Waals surface area contributed by atoms with Crippen molar-refractivity contribution in [3.8, 4) is 11.5 Å². The molecule has 1 aromatic heterocycles. The smallest absolute Gasteiger partial charge is 0.404 e. The van der Waals surface area contributed by atoms with Crippen molar-refractivity contribution in [1.29, 1.82) is 0 Å². The van der Waals surface area contributed by atoms with Crippen LogP contribution in [-0.2, 0) is 10.2 Å². The maximum absolute atomic E-state index is 14.4. The minimum atomic E-state index is -3.60. The molecule has 14 nitrogen and oxygen atoms in total. The third-order valence-electron chi connectivity index (χ3n) is 10.9. The minimum Gasteiger partial charge on any atom is -0.465 e. The Morgan fingerprint density at radius 2 is 1.69 bits per heavy atom. The number of nitrogens with zero attached hydrogens (tertiary/aromatic N) is 7. The Hall–Kier alpha value is -3.60. The molecule has 16 heteroatoms. The van der Waals surface area contributed by atoms with Crippen LogP contribution in [0.25, 0.3) is 0 Å². The van der Waals surface area contributed by atoms with E-state index in [9.17, 15) is 22.4 Å². The van der Waals surface area contributed by atoms with Gasteiger partial charge in [-0.05, 0) is 97.0 Å². The first-order valence-electron chi connectivity index (χ1n) is 18.1. The molecule has 2 N–H and O–H groups in total. The second kappa shape index (κ2) is 15.2. The fourth-order valence-electron chi connectivity index (χ4n) is 8.22. The van der Waals surface area contributed by atoms with Gasteiger partial charge in [-0.2, -0.15) is 17.0 Å². The summed E-state index contributed by atoms with van der Waals surface area (Å²) in [6.45, 7) is 13.8. The summed E-state index contributed by atoms with van der Waals surface area (Å²) >= 11 is 0. The Bertz CT molecular complexity index is 1660. The van der Waals surface area contributed by atoms with Gasteiger partial charge in [0.25, 0.3) is 16.1 Å². The van der Waals surface area contributed by atoms with Gasteiger partial charge in [0.1, 0.15) is 17.9 Å². The van der Waals surface area contributed by atoms with Gasteiger partial charge >= 0.3 is 6.09 Å². The van der Waals surface area contributed by atoms with Crippen LogP contribution in [-0.4, -0.2) is 131 Å². The molecule has 4 fully saturated rings. The van der Waals surface area contributed by atoms with E-state index in [2.05, 4.69) is 25.1 Å². The predicted molar refractivity (Wildman–Crippen MR) is 190 cm³/mol. The van der Waals surface area contributed by atoms with Crippen LogP contribution < -0.4 is 15.0 Å². The summed E-state index contributed by atoms with van der Waals surface area (Å²) in [7, 11) is -3.60. The van der Waals surface area contributed by atoms with Crippen molar-refractivity contribution < 1.29 is 32.2 Å². The van der Waals surface area contributed by atoms with Gasteiger partial charge in [-0.25, -0.2) is 19.2 Å². The van der Waals surface area contributed by atoms with E-state index >= 15 is 0 Å². The van der Waals surface area contributed by atoms with E-state index in [4.69, 9.17) is 9.84 Å². The molecule has 0 bridgehead atoms. The number of amides is 2. The number of hydrogen-bond acceptors (Lipinski definition) is 9. The van der Waals surface area contributed by atoms with Crippen LogP contribution in [0.2, 0.25) is 0 Å². The molecule has 2 aromatic rings. The summed E-state index contributed by atoms with van der Waals surface area (Å²) in [6, 6.07) is 3.47. The second-order valence-corrected chi connectivity index (χ2v) is 17.1. The van der Waals surface area contributed by atoms with Gasteiger partial charge in [0, 0.05) is 69.4 Å². The Morgan fingerprint density at radius 1 is 1.02 bits per heavy atom. The third kappa shape index (κ3) is 8.23. The molecule has 2 amide bonds. The number of hydrogen-bond donors (Lipinski definition) is 2. The lowest BCUT2D eigenvalue weighted by molar-refractivity contribution is 0.0608. The average Bonchev–Trinajstić information content (AvgIpc) is 3.54. The highest BCUT2D eigenvalue weighted by atomic mass is 32.2. The van der Waals surface area contributed by atoms with Crippen molar-refractivity contribution in [3.05, 3.63) is 42.1 Å². The maximum Gasteiger partial charge on any atom is 0.404 e. The molecular weight excluding hydrogens is 680 g/mol. The number of carbonyl (C=O) groups is 2. The lowest BCUT2D eigenvalue weighted by Gasteiger charge is -2.54. The number of benzene rings is 1. The summed E-state index contributed by atoms with van der Waals surface area (Å²) in [6.07, 6.45) is 6.15. The van der Waals surface area contributed by atoms with Crippen molar-refractivity contribution in [3.63, 3.8) is 0 Å². The van der Waals surface area contributed by atoms with E-state index in [-0.39, 0.29) is 47.3 Å². The Kier molecular flexibility index (Phi) is 11.1. The van der Waals surface area contributed by atoms with Crippen LogP contribution in [0.1, 0.15) is 70.2 Å². The molecule has 280 valence electrons. The summed E-state index contributed by atoms with van der Waals surface area (Å²) < 4.78 is 50.1. The molecule has 5 heterocycles. The van der Waals surface area contributed by atoms with Crippen molar-refractivity contribution in [2.75, 3.05) is 63.8 Å². The second-order valence-electron chi connectivity index (χ2n) is 15.2.